The van der Waals surface area contributed by atoms with Crippen molar-refractivity contribution in [2.45, 2.75) is 25.4 Å². The van der Waals surface area contributed by atoms with Gasteiger partial charge in [0.15, 0.2) is 0 Å². The average Bonchev–Trinajstić information content (AvgIpc) is 3.14. The van der Waals surface area contributed by atoms with Gasteiger partial charge in [-0.05, 0) is 98.6 Å². The van der Waals surface area contributed by atoms with Gasteiger partial charge in [-0.15, -0.1) is 0 Å². The summed E-state index contributed by atoms with van der Waals surface area (Å²) in [5.74, 6) is 0.0358. The molecule has 50 heavy (non-hydrogen) atoms. The Hall–Kier alpha value is -5.35. The molecule has 1 saturated heterocycles. The topological polar surface area (TPSA) is 71.3 Å². The van der Waals surface area contributed by atoms with E-state index in [4.69, 9.17) is 0 Å². The van der Waals surface area contributed by atoms with Gasteiger partial charge in [-0.2, -0.15) is 13.2 Å². The third-order valence-electron chi connectivity index (χ3n) is 10.1. The molecule has 6 aromatic rings. The number of hydrogen-bond donors (Lipinski definition) is 0. The first-order chi connectivity index (χ1) is 24.1. The van der Waals surface area contributed by atoms with Gasteiger partial charge in [0.05, 0.1) is 22.1 Å². The molecule has 0 atom stereocenters. The number of aromatic nitrogens is 3. The van der Waals surface area contributed by atoms with Gasteiger partial charge in [0.1, 0.15) is 0 Å². The monoisotopic (exact) mass is 673 g/mol. The normalized spacial score (nSPS) is 16.3. The molecule has 2 aliphatic rings. The Morgan fingerprint density at radius 2 is 1.62 bits per heavy atom. The minimum absolute atomic E-state index is 0.0447. The molecule has 0 aliphatic carbocycles. The second kappa shape index (κ2) is 12.5. The van der Waals surface area contributed by atoms with Crippen molar-refractivity contribution in [2.24, 2.45) is 5.92 Å². The number of rotatable bonds is 4. The van der Waals surface area contributed by atoms with E-state index < -0.39 is 17.3 Å². The Balaban J connectivity index is 1.20. The molecule has 1 fully saturated rings. The highest BCUT2D eigenvalue weighted by molar-refractivity contribution is 6.05. The Kier molecular flexibility index (Phi) is 7.98. The van der Waals surface area contributed by atoms with Crippen LogP contribution in [0.3, 0.4) is 0 Å². The van der Waals surface area contributed by atoms with Crippen molar-refractivity contribution in [1.29, 1.82) is 0 Å². The molecule has 0 bridgehead atoms. The van der Waals surface area contributed by atoms with Gasteiger partial charge in [0.25, 0.3) is 5.56 Å². The summed E-state index contributed by atoms with van der Waals surface area (Å²) < 4.78 is 45.7. The van der Waals surface area contributed by atoms with Gasteiger partial charge in [-0.1, -0.05) is 36.4 Å². The maximum atomic E-state index is 14.8. The van der Waals surface area contributed by atoms with E-state index in [0.717, 1.165) is 54.0 Å². The maximum absolute atomic E-state index is 14.8. The number of carbonyl (C=O) groups is 1. The van der Waals surface area contributed by atoms with Crippen LogP contribution >= 0.6 is 0 Å². The first-order valence-electron chi connectivity index (χ1n) is 16.8. The van der Waals surface area contributed by atoms with E-state index in [1.807, 2.05) is 55.6 Å². The van der Waals surface area contributed by atoms with Crippen LogP contribution in [-0.2, 0) is 11.0 Å². The molecule has 5 heterocycles. The Morgan fingerprint density at radius 1 is 0.820 bits per heavy atom. The number of likely N-dealkylation sites (tertiary alicyclic amines) is 1. The molecule has 0 saturated carbocycles. The van der Waals surface area contributed by atoms with Crippen LogP contribution in [0.2, 0.25) is 0 Å². The van der Waals surface area contributed by atoms with Crippen LogP contribution < -0.4 is 5.56 Å². The van der Waals surface area contributed by atoms with Gasteiger partial charge in [-0.3, -0.25) is 24.1 Å². The Bertz CT molecular complexity index is 2390. The van der Waals surface area contributed by atoms with E-state index in [-0.39, 0.29) is 29.6 Å². The number of hydrogen-bond acceptors (Lipinski definition) is 5. The van der Waals surface area contributed by atoms with E-state index in [2.05, 4.69) is 14.9 Å². The Morgan fingerprint density at radius 3 is 2.40 bits per heavy atom. The number of pyridine rings is 3. The number of para-hydroxylation sites is 1. The number of amides is 1. The fourth-order valence-electron chi connectivity index (χ4n) is 7.39. The van der Waals surface area contributed by atoms with Gasteiger partial charge < -0.3 is 9.80 Å². The number of nitrogens with zero attached hydrogens (tertiary/aromatic N) is 5. The van der Waals surface area contributed by atoms with Gasteiger partial charge >= 0.3 is 6.18 Å². The highest BCUT2D eigenvalue weighted by Gasteiger charge is 2.36. The first-order valence-corrected chi connectivity index (χ1v) is 16.8. The van der Waals surface area contributed by atoms with Crippen LogP contribution in [0.5, 0.6) is 0 Å². The highest BCUT2D eigenvalue weighted by atomic mass is 19.4. The lowest BCUT2D eigenvalue weighted by Crippen LogP contribution is -2.43. The van der Waals surface area contributed by atoms with Crippen molar-refractivity contribution in [3.63, 3.8) is 0 Å². The van der Waals surface area contributed by atoms with Crippen molar-refractivity contribution < 1.29 is 18.0 Å². The van der Waals surface area contributed by atoms with E-state index in [9.17, 15) is 22.8 Å². The molecule has 3 aromatic carbocycles. The average molecular weight is 674 g/mol. The summed E-state index contributed by atoms with van der Waals surface area (Å²) in [5.41, 5.74) is 3.10. The molecule has 0 N–H and O–H groups in total. The standard InChI is InChI=1S/C40H34F3N5O2/c1-46-16-12-26(13-17-46)39(50)47-18-14-25(15-19-47)32-9-8-31(22-34(32)40(41,42)43)48-37(49)11-7-29-23-45-36-10-6-27(21-33(36)38(29)48)30-20-28-4-2-3-5-35(28)44-24-30/h2-11,14,20-24,26H,12-13,15-19H2,1H3. The molecule has 1 amide bonds. The molecule has 10 heteroatoms. The van der Waals surface area contributed by atoms with Gasteiger partial charge in [0, 0.05) is 64.9 Å². The van der Waals surface area contributed by atoms with Crippen LogP contribution in [0, 0.1) is 5.92 Å². The number of halogens is 3. The van der Waals surface area contributed by atoms with Crippen molar-refractivity contribution in [3.8, 4) is 16.8 Å². The minimum atomic E-state index is -4.68. The van der Waals surface area contributed by atoms with Crippen molar-refractivity contribution in [2.75, 3.05) is 33.2 Å². The van der Waals surface area contributed by atoms with Crippen LogP contribution in [0.4, 0.5) is 13.2 Å². The van der Waals surface area contributed by atoms with E-state index in [0.29, 0.717) is 40.3 Å². The lowest BCUT2D eigenvalue weighted by Gasteiger charge is -2.34. The summed E-state index contributed by atoms with van der Waals surface area (Å²) in [4.78, 5) is 39.9. The van der Waals surface area contributed by atoms with Crippen molar-refractivity contribution in [3.05, 3.63) is 119 Å². The summed E-state index contributed by atoms with van der Waals surface area (Å²) >= 11 is 0. The zero-order valence-corrected chi connectivity index (χ0v) is 27.5. The molecule has 0 spiro atoms. The van der Waals surface area contributed by atoms with E-state index in [1.54, 1.807) is 35.5 Å². The first kappa shape index (κ1) is 31.9. The third-order valence-corrected chi connectivity index (χ3v) is 10.1. The van der Waals surface area contributed by atoms with Crippen LogP contribution in [0.1, 0.15) is 30.4 Å². The quantitative estimate of drug-likeness (QED) is 0.179. The predicted octanol–water partition coefficient (Wildman–Crippen LogP) is 7.73. The fourth-order valence-corrected chi connectivity index (χ4v) is 7.39. The summed E-state index contributed by atoms with van der Waals surface area (Å²) in [5, 5.41) is 2.23. The predicted molar refractivity (Wildman–Crippen MR) is 190 cm³/mol. The third kappa shape index (κ3) is 5.83. The number of fused-ring (bicyclic) bond motifs is 4. The number of piperidine rings is 1. The lowest BCUT2D eigenvalue weighted by molar-refractivity contribution is -0.138. The molecular weight excluding hydrogens is 639 g/mol. The second-order valence-corrected chi connectivity index (χ2v) is 13.3. The van der Waals surface area contributed by atoms with Crippen molar-refractivity contribution >= 4 is 44.2 Å². The van der Waals surface area contributed by atoms with Crippen LogP contribution in [0.25, 0.3) is 55.1 Å². The highest BCUT2D eigenvalue weighted by Crippen LogP contribution is 2.39. The van der Waals surface area contributed by atoms with E-state index >= 15 is 0 Å². The molecule has 0 unspecified atom stereocenters. The summed E-state index contributed by atoms with van der Waals surface area (Å²) in [7, 11) is 2.04. The molecule has 3 aromatic heterocycles. The second-order valence-electron chi connectivity index (χ2n) is 13.3. The van der Waals surface area contributed by atoms with Crippen LogP contribution in [-0.4, -0.2) is 63.5 Å². The molecule has 8 rings (SSSR count). The summed E-state index contributed by atoms with van der Waals surface area (Å²) in [6.45, 7) is 2.37. The number of carbonyl (C=O) groups excluding carboxylic acids is 1. The fraction of sp³-hybridized carbons (Fsp3) is 0.250. The van der Waals surface area contributed by atoms with Crippen molar-refractivity contribution in [1.82, 2.24) is 24.3 Å². The number of alkyl halides is 3. The lowest BCUT2D eigenvalue weighted by atomic mass is 9.92. The summed E-state index contributed by atoms with van der Waals surface area (Å²) in [6, 6.07) is 22.6. The summed E-state index contributed by atoms with van der Waals surface area (Å²) in [6.07, 6.45) is 2.39. The zero-order valence-electron chi connectivity index (χ0n) is 27.5. The molecule has 2 aliphatic heterocycles. The van der Waals surface area contributed by atoms with Gasteiger partial charge in [0.2, 0.25) is 5.91 Å². The Labute approximate surface area is 286 Å². The molecule has 7 nitrogen and oxygen atoms in total. The largest absolute Gasteiger partial charge is 0.417 e. The molecular formula is C40H34F3N5O2. The minimum Gasteiger partial charge on any atom is -0.338 e. The number of benzene rings is 3. The van der Waals surface area contributed by atoms with E-state index in [1.165, 1.54) is 16.7 Å². The van der Waals surface area contributed by atoms with Crippen LogP contribution in [0.15, 0.2) is 102 Å². The zero-order chi connectivity index (χ0) is 34.6. The molecule has 252 valence electrons. The smallest absolute Gasteiger partial charge is 0.338 e. The van der Waals surface area contributed by atoms with Gasteiger partial charge in [-0.25, -0.2) is 0 Å². The SMILES string of the molecule is CN1CCC(C(=O)N2CC=C(c3ccc(-n4c(=O)ccc5cnc6ccc(-c7cnc8ccccc8c7)cc6c54)cc3C(F)(F)F)CC2)CC1. The molecule has 0 radical (unpaired) electrons. The maximum Gasteiger partial charge on any atom is 0.417 e.